The van der Waals surface area contributed by atoms with Crippen molar-refractivity contribution in [2.45, 2.75) is 32.2 Å². The van der Waals surface area contributed by atoms with Crippen molar-refractivity contribution in [1.82, 2.24) is 4.90 Å². The minimum absolute atomic E-state index is 0.133. The van der Waals surface area contributed by atoms with E-state index >= 15 is 0 Å². The van der Waals surface area contributed by atoms with Crippen LogP contribution in [0.3, 0.4) is 0 Å². The van der Waals surface area contributed by atoms with Gasteiger partial charge < -0.3 is 0 Å². The molecule has 1 atom stereocenters. The Labute approximate surface area is 132 Å². The fourth-order valence-electron chi connectivity index (χ4n) is 3.47. The number of nitrogens with zero attached hydrogens (tertiary/aromatic N) is 1. The zero-order valence-electron chi connectivity index (χ0n) is 13.2. The minimum Gasteiger partial charge on any atom is -0.296 e. The first kappa shape index (κ1) is 15.0. The molecule has 2 aromatic carbocycles. The third-order valence-corrected chi connectivity index (χ3v) is 4.57. The van der Waals surface area contributed by atoms with E-state index in [9.17, 15) is 4.79 Å². The molecule has 1 aliphatic rings. The fraction of sp³-hybridized carbons (Fsp3) is 0.350. The molecule has 0 bridgehead atoms. The summed E-state index contributed by atoms with van der Waals surface area (Å²) in [6.45, 7) is 4.51. The van der Waals surface area contributed by atoms with Crippen LogP contribution in [0.2, 0.25) is 0 Å². The second kappa shape index (κ2) is 6.89. The van der Waals surface area contributed by atoms with Gasteiger partial charge in [-0.15, -0.1) is 0 Å². The van der Waals surface area contributed by atoms with Crippen molar-refractivity contribution in [3.05, 3.63) is 71.3 Å². The third-order valence-electron chi connectivity index (χ3n) is 4.57. The lowest BCUT2D eigenvalue weighted by Gasteiger charge is -2.28. The Balaban J connectivity index is 1.97. The number of ketones is 1. The van der Waals surface area contributed by atoms with Crippen LogP contribution in [0.1, 0.15) is 53.7 Å². The van der Waals surface area contributed by atoms with Gasteiger partial charge in [-0.3, -0.25) is 9.69 Å². The topological polar surface area (TPSA) is 20.3 Å². The van der Waals surface area contributed by atoms with Gasteiger partial charge in [0.25, 0.3) is 0 Å². The highest BCUT2D eigenvalue weighted by atomic mass is 16.1. The van der Waals surface area contributed by atoms with Gasteiger partial charge in [0.05, 0.1) is 0 Å². The van der Waals surface area contributed by atoms with Crippen molar-refractivity contribution in [2.75, 3.05) is 13.1 Å². The van der Waals surface area contributed by atoms with Crippen molar-refractivity contribution in [3.63, 3.8) is 0 Å². The standard InChI is InChI=1S/C20H23NO/c1-2-19(21-14-8-9-15-21)17-12-6-7-13-18(17)20(22)16-10-4-3-5-11-16/h3-7,10-13,19H,2,8-9,14-15H2,1H3. The Kier molecular flexibility index (Phi) is 4.69. The van der Waals surface area contributed by atoms with Crippen molar-refractivity contribution in [2.24, 2.45) is 0 Å². The van der Waals surface area contributed by atoms with Crippen LogP contribution in [0.15, 0.2) is 54.6 Å². The quantitative estimate of drug-likeness (QED) is 0.758. The lowest BCUT2D eigenvalue weighted by molar-refractivity contribution is 0.103. The van der Waals surface area contributed by atoms with Gasteiger partial charge in [0.1, 0.15) is 0 Å². The van der Waals surface area contributed by atoms with Gasteiger partial charge in [-0.05, 0) is 37.9 Å². The SMILES string of the molecule is CCC(c1ccccc1C(=O)c1ccccc1)N1CCCC1. The molecular weight excluding hydrogens is 270 g/mol. The molecule has 0 aromatic heterocycles. The zero-order chi connectivity index (χ0) is 15.4. The van der Waals surface area contributed by atoms with Crippen molar-refractivity contribution < 1.29 is 4.79 Å². The molecule has 0 spiro atoms. The van der Waals surface area contributed by atoms with Crippen LogP contribution in [0.4, 0.5) is 0 Å². The van der Waals surface area contributed by atoms with E-state index < -0.39 is 0 Å². The van der Waals surface area contributed by atoms with Crippen LogP contribution >= 0.6 is 0 Å². The lowest BCUT2D eigenvalue weighted by atomic mass is 9.92. The van der Waals surface area contributed by atoms with E-state index in [1.165, 1.54) is 18.4 Å². The molecule has 2 heteroatoms. The zero-order valence-corrected chi connectivity index (χ0v) is 13.2. The first-order valence-corrected chi connectivity index (χ1v) is 8.24. The molecule has 1 saturated heterocycles. The highest BCUT2D eigenvalue weighted by molar-refractivity contribution is 6.10. The van der Waals surface area contributed by atoms with E-state index in [1.54, 1.807) is 0 Å². The summed E-state index contributed by atoms with van der Waals surface area (Å²) in [6.07, 6.45) is 3.58. The van der Waals surface area contributed by atoms with Gasteiger partial charge in [-0.25, -0.2) is 0 Å². The number of carbonyl (C=O) groups excluding carboxylic acids is 1. The van der Waals surface area contributed by atoms with Crippen molar-refractivity contribution >= 4 is 5.78 Å². The van der Waals surface area contributed by atoms with E-state index in [-0.39, 0.29) is 5.78 Å². The molecule has 3 rings (SSSR count). The summed E-state index contributed by atoms with van der Waals surface area (Å²) in [5.41, 5.74) is 2.81. The molecule has 0 N–H and O–H groups in total. The van der Waals surface area contributed by atoms with Gasteiger partial charge in [0.15, 0.2) is 5.78 Å². The molecule has 2 nitrogen and oxygen atoms in total. The third kappa shape index (κ3) is 2.97. The van der Waals surface area contributed by atoms with Gasteiger partial charge in [-0.2, -0.15) is 0 Å². The normalized spacial score (nSPS) is 16.6. The number of benzene rings is 2. The number of hydrogen-bond acceptors (Lipinski definition) is 2. The first-order chi connectivity index (χ1) is 10.8. The predicted octanol–water partition coefficient (Wildman–Crippen LogP) is 4.46. The number of hydrogen-bond donors (Lipinski definition) is 0. The maximum atomic E-state index is 12.9. The van der Waals surface area contributed by atoms with Gasteiger partial charge in [-0.1, -0.05) is 61.5 Å². The maximum Gasteiger partial charge on any atom is 0.193 e. The van der Waals surface area contributed by atoms with E-state index in [1.807, 2.05) is 42.5 Å². The van der Waals surface area contributed by atoms with Crippen LogP contribution in [0.5, 0.6) is 0 Å². The Morgan fingerprint density at radius 2 is 1.64 bits per heavy atom. The van der Waals surface area contributed by atoms with E-state index in [4.69, 9.17) is 0 Å². The highest BCUT2D eigenvalue weighted by Gasteiger charge is 2.25. The van der Waals surface area contributed by atoms with Crippen LogP contribution in [0.25, 0.3) is 0 Å². The summed E-state index contributed by atoms with van der Waals surface area (Å²) in [7, 11) is 0. The highest BCUT2D eigenvalue weighted by Crippen LogP contribution is 2.31. The summed E-state index contributed by atoms with van der Waals surface area (Å²) in [5, 5.41) is 0. The van der Waals surface area contributed by atoms with Crippen LogP contribution in [-0.4, -0.2) is 23.8 Å². The maximum absolute atomic E-state index is 12.9. The number of likely N-dealkylation sites (tertiary alicyclic amines) is 1. The summed E-state index contributed by atoms with van der Waals surface area (Å²) < 4.78 is 0. The number of carbonyl (C=O) groups is 1. The van der Waals surface area contributed by atoms with E-state index in [0.717, 1.165) is 30.6 Å². The van der Waals surface area contributed by atoms with Gasteiger partial charge in [0, 0.05) is 17.2 Å². The smallest absolute Gasteiger partial charge is 0.193 e. The number of rotatable bonds is 5. The molecule has 0 amide bonds. The molecule has 0 saturated carbocycles. The molecule has 0 aliphatic carbocycles. The largest absolute Gasteiger partial charge is 0.296 e. The second-order valence-corrected chi connectivity index (χ2v) is 5.95. The molecule has 114 valence electrons. The van der Waals surface area contributed by atoms with Gasteiger partial charge in [0.2, 0.25) is 0 Å². The molecule has 1 unspecified atom stereocenters. The average Bonchev–Trinajstić information content (AvgIpc) is 3.10. The molecule has 2 aromatic rings. The monoisotopic (exact) mass is 293 g/mol. The fourth-order valence-corrected chi connectivity index (χ4v) is 3.47. The molecular formula is C20H23NO. The summed E-state index contributed by atoms with van der Waals surface area (Å²) in [5.74, 6) is 0.133. The van der Waals surface area contributed by atoms with Crippen LogP contribution < -0.4 is 0 Å². The molecule has 1 fully saturated rings. The van der Waals surface area contributed by atoms with E-state index in [2.05, 4.69) is 24.0 Å². The summed E-state index contributed by atoms with van der Waals surface area (Å²) in [4.78, 5) is 15.4. The van der Waals surface area contributed by atoms with Crippen molar-refractivity contribution in [3.8, 4) is 0 Å². The van der Waals surface area contributed by atoms with Gasteiger partial charge >= 0.3 is 0 Å². The molecule has 0 radical (unpaired) electrons. The molecule has 1 heterocycles. The Hall–Kier alpha value is -1.93. The molecule has 1 aliphatic heterocycles. The first-order valence-electron chi connectivity index (χ1n) is 8.24. The molecule has 22 heavy (non-hydrogen) atoms. The lowest BCUT2D eigenvalue weighted by Crippen LogP contribution is -2.26. The van der Waals surface area contributed by atoms with Crippen LogP contribution in [0, 0.1) is 0 Å². The minimum atomic E-state index is 0.133. The van der Waals surface area contributed by atoms with Crippen molar-refractivity contribution in [1.29, 1.82) is 0 Å². The summed E-state index contributed by atoms with van der Waals surface area (Å²) >= 11 is 0. The average molecular weight is 293 g/mol. The Morgan fingerprint density at radius 1 is 1.00 bits per heavy atom. The second-order valence-electron chi connectivity index (χ2n) is 5.95. The summed E-state index contributed by atoms with van der Waals surface area (Å²) in [6, 6.07) is 18.1. The van der Waals surface area contributed by atoms with Crippen LogP contribution in [-0.2, 0) is 0 Å². The van der Waals surface area contributed by atoms with E-state index in [0.29, 0.717) is 6.04 Å². The predicted molar refractivity (Wildman–Crippen MR) is 90.2 cm³/mol. The Morgan fingerprint density at radius 3 is 2.32 bits per heavy atom. The Bertz CT molecular complexity index is 629.